The fourth-order valence-electron chi connectivity index (χ4n) is 2.00. The van der Waals surface area contributed by atoms with Crippen molar-refractivity contribution in [3.63, 3.8) is 0 Å². The first kappa shape index (κ1) is 12.7. The molecule has 0 unspecified atom stereocenters. The van der Waals surface area contributed by atoms with Crippen LogP contribution in [0.5, 0.6) is 0 Å². The van der Waals surface area contributed by atoms with Crippen LogP contribution in [-0.2, 0) is 13.0 Å². The van der Waals surface area contributed by atoms with Gasteiger partial charge in [0.2, 0.25) is 0 Å². The van der Waals surface area contributed by atoms with Crippen LogP contribution in [0.4, 0.5) is 0 Å². The van der Waals surface area contributed by atoms with Gasteiger partial charge in [-0.15, -0.1) is 11.3 Å². The number of thiazole rings is 1. The highest BCUT2D eigenvalue weighted by molar-refractivity contribution is 7.15. The molecule has 0 spiro atoms. The highest BCUT2D eigenvalue weighted by Gasteiger charge is 2.21. The number of nitrogens with zero attached hydrogens (tertiary/aromatic N) is 3. The zero-order valence-corrected chi connectivity index (χ0v) is 11.9. The first-order valence-electron chi connectivity index (χ1n) is 6.85. The molecule has 1 fully saturated rings. The zero-order chi connectivity index (χ0) is 13.1. The van der Waals surface area contributed by atoms with Crippen LogP contribution in [0, 0.1) is 0 Å². The Hall–Kier alpha value is -1.33. The van der Waals surface area contributed by atoms with Gasteiger partial charge in [-0.25, -0.2) is 4.98 Å². The lowest BCUT2D eigenvalue weighted by Gasteiger charge is -2.01. The SMILES string of the molecule is CCCc1nc(-c2cnccn2)sc1CNC1CC1. The number of hydrogen-bond donors (Lipinski definition) is 1. The second-order valence-corrected chi connectivity index (χ2v) is 5.97. The van der Waals surface area contributed by atoms with Gasteiger partial charge in [0.25, 0.3) is 0 Å². The number of hydrogen-bond acceptors (Lipinski definition) is 5. The summed E-state index contributed by atoms with van der Waals surface area (Å²) >= 11 is 1.75. The molecule has 100 valence electrons. The van der Waals surface area contributed by atoms with Gasteiger partial charge in [0.15, 0.2) is 0 Å². The number of aromatic nitrogens is 3. The van der Waals surface area contributed by atoms with E-state index in [0.717, 1.165) is 36.1 Å². The van der Waals surface area contributed by atoms with Gasteiger partial charge in [-0.1, -0.05) is 13.3 Å². The van der Waals surface area contributed by atoms with E-state index < -0.39 is 0 Å². The van der Waals surface area contributed by atoms with Crippen molar-refractivity contribution in [2.24, 2.45) is 0 Å². The van der Waals surface area contributed by atoms with Crippen molar-refractivity contribution in [3.8, 4) is 10.7 Å². The van der Waals surface area contributed by atoms with E-state index in [1.807, 2.05) is 0 Å². The first-order valence-corrected chi connectivity index (χ1v) is 7.67. The van der Waals surface area contributed by atoms with Crippen LogP contribution >= 0.6 is 11.3 Å². The molecule has 0 aliphatic heterocycles. The molecular weight excluding hydrogens is 256 g/mol. The highest BCUT2D eigenvalue weighted by atomic mass is 32.1. The summed E-state index contributed by atoms with van der Waals surface area (Å²) in [7, 11) is 0. The second-order valence-electron chi connectivity index (χ2n) is 4.88. The monoisotopic (exact) mass is 274 g/mol. The van der Waals surface area contributed by atoms with Gasteiger partial charge in [0.05, 0.1) is 11.9 Å². The first-order chi connectivity index (χ1) is 9.36. The lowest BCUT2D eigenvalue weighted by Crippen LogP contribution is -2.15. The Morgan fingerprint density at radius 2 is 2.26 bits per heavy atom. The predicted molar refractivity (Wildman–Crippen MR) is 77.0 cm³/mol. The maximum absolute atomic E-state index is 4.74. The van der Waals surface area contributed by atoms with Crippen LogP contribution in [0.15, 0.2) is 18.6 Å². The van der Waals surface area contributed by atoms with E-state index in [1.54, 1.807) is 29.9 Å². The molecule has 1 N–H and O–H groups in total. The molecule has 0 amide bonds. The van der Waals surface area contributed by atoms with E-state index in [4.69, 9.17) is 4.98 Å². The Bertz CT molecular complexity index is 534. The summed E-state index contributed by atoms with van der Waals surface area (Å²) in [6, 6.07) is 0.733. The summed E-state index contributed by atoms with van der Waals surface area (Å²) in [6.07, 6.45) is 10.0. The lowest BCUT2D eigenvalue weighted by atomic mass is 10.2. The van der Waals surface area contributed by atoms with Gasteiger partial charge in [0, 0.05) is 29.9 Å². The minimum Gasteiger partial charge on any atom is -0.309 e. The van der Waals surface area contributed by atoms with E-state index >= 15 is 0 Å². The van der Waals surface area contributed by atoms with Crippen LogP contribution in [0.2, 0.25) is 0 Å². The maximum atomic E-state index is 4.74. The molecule has 0 atom stereocenters. The van der Waals surface area contributed by atoms with Crippen molar-refractivity contribution in [2.75, 3.05) is 0 Å². The zero-order valence-electron chi connectivity index (χ0n) is 11.1. The topological polar surface area (TPSA) is 50.7 Å². The number of nitrogens with one attached hydrogen (secondary N) is 1. The normalized spacial score (nSPS) is 14.8. The molecule has 0 bridgehead atoms. The standard InChI is InChI=1S/C14H18N4S/c1-2-3-11-13(9-17-10-4-5-10)19-14(18-11)12-8-15-6-7-16-12/h6-8,10,17H,2-5,9H2,1H3. The highest BCUT2D eigenvalue weighted by Crippen LogP contribution is 2.28. The van der Waals surface area contributed by atoms with E-state index in [0.29, 0.717) is 0 Å². The van der Waals surface area contributed by atoms with Gasteiger partial charge < -0.3 is 5.32 Å². The molecule has 2 aromatic heterocycles. The Morgan fingerprint density at radius 3 is 2.95 bits per heavy atom. The van der Waals surface area contributed by atoms with E-state index in [2.05, 4.69) is 22.2 Å². The second kappa shape index (κ2) is 5.75. The largest absolute Gasteiger partial charge is 0.309 e. The summed E-state index contributed by atoms with van der Waals surface area (Å²) < 4.78 is 0. The van der Waals surface area contributed by atoms with Crippen molar-refractivity contribution in [3.05, 3.63) is 29.2 Å². The van der Waals surface area contributed by atoms with Crippen molar-refractivity contribution < 1.29 is 0 Å². The summed E-state index contributed by atoms with van der Waals surface area (Å²) in [5.74, 6) is 0. The molecule has 1 aliphatic rings. The van der Waals surface area contributed by atoms with E-state index in [-0.39, 0.29) is 0 Å². The lowest BCUT2D eigenvalue weighted by molar-refractivity contribution is 0.686. The minimum absolute atomic E-state index is 0.733. The molecular formula is C14H18N4S. The molecule has 19 heavy (non-hydrogen) atoms. The molecule has 0 radical (unpaired) electrons. The Balaban J connectivity index is 1.82. The van der Waals surface area contributed by atoms with Gasteiger partial charge in [-0.05, 0) is 19.3 Å². The third-order valence-electron chi connectivity index (χ3n) is 3.18. The van der Waals surface area contributed by atoms with Crippen LogP contribution in [-0.4, -0.2) is 21.0 Å². The average Bonchev–Trinajstić information content (AvgIpc) is 3.19. The molecule has 3 rings (SSSR count). The molecule has 2 aromatic rings. The van der Waals surface area contributed by atoms with Crippen molar-refractivity contribution in [1.82, 2.24) is 20.3 Å². The summed E-state index contributed by atoms with van der Waals surface area (Å²) in [4.78, 5) is 14.6. The van der Waals surface area contributed by atoms with Crippen molar-refractivity contribution in [1.29, 1.82) is 0 Å². The Morgan fingerprint density at radius 1 is 1.37 bits per heavy atom. The molecule has 0 aromatic carbocycles. The predicted octanol–water partition coefficient (Wildman–Crippen LogP) is 2.80. The molecule has 1 saturated carbocycles. The van der Waals surface area contributed by atoms with Crippen LogP contribution < -0.4 is 5.32 Å². The molecule has 1 aliphatic carbocycles. The van der Waals surface area contributed by atoms with E-state index in [1.165, 1.54) is 23.4 Å². The molecule has 0 saturated heterocycles. The minimum atomic E-state index is 0.733. The molecule has 5 heteroatoms. The summed E-state index contributed by atoms with van der Waals surface area (Å²) in [5.41, 5.74) is 2.10. The quantitative estimate of drug-likeness (QED) is 0.880. The Labute approximate surface area is 117 Å². The van der Waals surface area contributed by atoms with Gasteiger partial charge >= 0.3 is 0 Å². The fraction of sp³-hybridized carbons (Fsp3) is 0.500. The number of rotatable bonds is 6. The van der Waals surface area contributed by atoms with Crippen molar-refractivity contribution >= 4 is 11.3 Å². The number of aryl methyl sites for hydroxylation is 1. The van der Waals surface area contributed by atoms with Crippen LogP contribution in [0.3, 0.4) is 0 Å². The third-order valence-corrected chi connectivity index (χ3v) is 4.30. The van der Waals surface area contributed by atoms with Crippen molar-refractivity contribution in [2.45, 2.75) is 45.2 Å². The smallest absolute Gasteiger partial charge is 0.144 e. The van der Waals surface area contributed by atoms with Crippen LogP contribution in [0.1, 0.15) is 36.8 Å². The third kappa shape index (κ3) is 3.16. The summed E-state index contributed by atoms with van der Waals surface area (Å²) in [6.45, 7) is 3.14. The molecule has 4 nitrogen and oxygen atoms in total. The average molecular weight is 274 g/mol. The molecule has 2 heterocycles. The Kier molecular flexibility index (Phi) is 3.84. The van der Waals surface area contributed by atoms with Gasteiger partial charge in [0.1, 0.15) is 10.7 Å². The van der Waals surface area contributed by atoms with Gasteiger partial charge in [-0.3, -0.25) is 9.97 Å². The maximum Gasteiger partial charge on any atom is 0.144 e. The van der Waals surface area contributed by atoms with Gasteiger partial charge in [-0.2, -0.15) is 0 Å². The van der Waals surface area contributed by atoms with Crippen LogP contribution in [0.25, 0.3) is 10.7 Å². The fourth-order valence-corrected chi connectivity index (χ4v) is 3.02. The summed E-state index contributed by atoms with van der Waals surface area (Å²) in [5, 5.41) is 4.56. The van der Waals surface area contributed by atoms with E-state index in [9.17, 15) is 0 Å².